The molecule has 0 saturated heterocycles. The molecule has 20 heavy (non-hydrogen) atoms. The number of aldehydes is 1. The van der Waals surface area contributed by atoms with Crippen molar-refractivity contribution in [1.29, 1.82) is 0 Å². The quantitative estimate of drug-likeness (QED) is 0.799. The van der Waals surface area contributed by atoms with E-state index in [2.05, 4.69) is 5.32 Å². The van der Waals surface area contributed by atoms with Gasteiger partial charge < -0.3 is 14.8 Å². The highest BCUT2D eigenvalue weighted by Gasteiger charge is 2.15. The zero-order valence-electron chi connectivity index (χ0n) is 11.8. The van der Waals surface area contributed by atoms with Crippen LogP contribution in [-0.4, -0.2) is 24.8 Å². The summed E-state index contributed by atoms with van der Waals surface area (Å²) in [5.74, 6) is 0.587. The second-order valence-electron chi connectivity index (χ2n) is 5.41. The topological polar surface area (TPSA) is 55.4 Å². The molecule has 2 heterocycles. The summed E-state index contributed by atoms with van der Waals surface area (Å²) in [6.45, 7) is 2.55. The molecule has 3 rings (SSSR count). The van der Waals surface area contributed by atoms with Crippen LogP contribution in [0, 0.1) is 5.92 Å². The molecular weight excluding hydrogens is 254 g/mol. The van der Waals surface area contributed by atoms with Gasteiger partial charge in [0.05, 0.1) is 6.61 Å². The molecule has 2 aliphatic rings. The van der Waals surface area contributed by atoms with Gasteiger partial charge in [-0.05, 0) is 43.9 Å². The molecule has 0 fully saturated rings. The number of hydrogen-bond acceptors (Lipinski definition) is 3. The number of ether oxygens (including phenoxy) is 1. The van der Waals surface area contributed by atoms with Gasteiger partial charge in [0.15, 0.2) is 0 Å². The van der Waals surface area contributed by atoms with Crippen molar-refractivity contribution in [3.63, 3.8) is 0 Å². The second-order valence-corrected chi connectivity index (χ2v) is 5.41. The summed E-state index contributed by atoms with van der Waals surface area (Å²) in [7, 11) is 0. The molecule has 1 unspecified atom stereocenters. The molecule has 0 saturated carbocycles. The summed E-state index contributed by atoms with van der Waals surface area (Å²) in [5.41, 5.74) is 1.16. The molecule has 1 aromatic rings. The van der Waals surface area contributed by atoms with E-state index in [0.29, 0.717) is 13.0 Å². The van der Waals surface area contributed by atoms with E-state index in [1.807, 2.05) is 31.2 Å². The van der Waals surface area contributed by atoms with E-state index in [1.165, 1.54) is 0 Å². The van der Waals surface area contributed by atoms with Gasteiger partial charge in [-0.25, -0.2) is 0 Å². The molecule has 4 heteroatoms. The van der Waals surface area contributed by atoms with E-state index < -0.39 is 0 Å². The maximum atomic E-state index is 11.9. The molecule has 1 amide bonds. The van der Waals surface area contributed by atoms with E-state index in [-0.39, 0.29) is 24.3 Å². The highest BCUT2D eigenvalue weighted by atomic mass is 16.5. The lowest BCUT2D eigenvalue weighted by Crippen LogP contribution is -2.35. The van der Waals surface area contributed by atoms with Crippen molar-refractivity contribution < 1.29 is 14.3 Å². The van der Waals surface area contributed by atoms with Gasteiger partial charge in [0, 0.05) is 18.4 Å². The lowest BCUT2D eigenvalue weighted by molar-refractivity contribution is -0.125. The van der Waals surface area contributed by atoms with Gasteiger partial charge >= 0.3 is 0 Å². The van der Waals surface area contributed by atoms with Crippen molar-refractivity contribution in [3.8, 4) is 5.75 Å². The molecule has 1 aromatic carbocycles. The fourth-order valence-corrected chi connectivity index (χ4v) is 2.45. The molecular formula is C16H21NO3. The number of benzene rings is 1. The van der Waals surface area contributed by atoms with Crippen molar-refractivity contribution in [2.45, 2.75) is 38.6 Å². The van der Waals surface area contributed by atoms with Gasteiger partial charge in [-0.2, -0.15) is 0 Å². The van der Waals surface area contributed by atoms with Crippen LogP contribution in [0.2, 0.25) is 0 Å². The standard InChI is InChI=1S/C16H21NO3/c1-12-9-13-4-6-15(7-5-13)20-8-2-3-14(11-18)10-16(19)17-12/h4-7,11-12,14H,2-3,8-10H2,1H3,(H,17,19)/t12-,14?/m1/s1. The lowest BCUT2D eigenvalue weighted by Gasteiger charge is -2.17. The summed E-state index contributed by atoms with van der Waals surface area (Å²) in [6, 6.07) is 8.01. The molecule has 0 radical (unpaired) electrons. The number of carbonyl (C=O) groups excluding carboxylic acids is 2. The molecule has 2 atom stereocenters. The van der Waals surface area contributed by atoms with E-state index in [9.17, 15) is 9.59 Å². The van der Waals surface area contributed by atoms with Crippen LogP contribution in [0.15, 0.2) is 24.3 Å². The second kappa shape index (κ2) is 7.08. The molecule has 1 N–H and O–H groups in total. The minimum atomic E-state index is -0.213. The Morgan fingerprint density at radius 3 is 2.70 bits per heavy atom. The summed E-state index contributed by atoms with van der Waals surface area (Å²) in [6.07, 6.45) is 3.38. The van der Waals surface area contributed by atoms with Crippen LogP contribution in [0.5, 0.6) is 5.75 Å². The van der Waals surface area contributed by atoms with Gasteiger partial charge in [-0.3, -0.25) is 4.79 Å². The van der Waals surface area contributed by atoms with Gasteiger partial charge in [-0.1, -0.05) is 12.1 Å². The van der Waals surface area contributed by atoms with Crippen LogP contribution < -0.4 is 10.1 Å². The minimum Gasteiger partial charge on any atom is -0.494 e. The molecule has 0 spiro atoms. The maximum absolute atomic E-state index is 11.9. The van der Waals surface area contributed by atoms with Crippen LogP contribution in [0.3, 0.4) is 0 Å². The van der Waals surface area contributed by atoms with Crippen molar-refractivity contribution in [1.82, 2.24) is 5.32 Å². The monoisotopic (exact) mass is 275 g/mol. The van der Waals surface area contributed by atoms with E-state index in [0.717, 1.165) is 30.4 Å². The highest BCUT2D eigenvalue weighted by Crippen LogP contribution is 2.16. The third-order valence-electron chi connectivity index (χ3n) is 3.50. The van der Waals surface area contributed by atoms with Crippen molar-refractivity contribution >= 4 is 12.2 Å². The SMILES string of the molecule is C[C@@H]1Cc2ccc(cc2)OCCCC(C=O)CC(=O)N1. The predicted molar refractivity (Wildman–Crippen MR) is 76.7 cm³/mol. The van der Waals surface area contributed by atoms with Crippen LogP contribution in [0.1, 0.15) is 31.7 Å². The molecule has 2 aliphatic heterocycles. The lowest BCUT2D eigenvalue weighted by atomic mass is 10.00. The fraction of sp³-hybridized carbons (Fsp3) is 0.500. The van der Waals surface area contributed by atoms with Crippen molar-refractivity contribution in [2.24, 2.45) is 5.92 Å². The van der Waals surface area contributed by atoms with E-state index in [4.69, 9.17) is 4.74 Å². The van der Waals surface area contributed by atoms with Gasteiger partial charge in [0.25, 0.3) is 0 Å². The van der Waals surface area contributed by atoms with Gasteiger partial charge in [-0.15, -0.1) is 0 Å². The summed E-state index contributed by atoms with van der Waals surface area (Å²) < 4.78 is 5.63. The Hall–Kier alpha value is -1.84. The number of nitrogens with one attached hydrogen (secondary N) is 1. The summed E-state index contributed by atoms with van der Waals surface area (Å²) in [4.78, 5) is 22.9. The van der Waals surface area contributed by atoms with Crippen LogP contribution in [0.4, 0.5) is 0 Å². The first kappa shape index (κ1) is 14.6. The Morgan fingerprint density at radius 2 is 2.00 bits per heavy atom. The molecule has 108 valence electrons. The third-order valence-corrected chi connectivity index (χ3v) is 3.50. The molecule has 0 aromatic heterocycles. The number of fused-ring (bicyclic) bond motifs is 11. The highest BCUT2D eigenvalue weighted by molar-refractivity contribution is 5.79. The average Bonchev–Trinajstić information content (AvgIpc) is 2.43. The summed E-state index contributed by atoms with van der Waals surface area (Å²) >= 11 is 0. The van der Waals surface area contributed by atoms with Gasteiger partial charge in [0.1, 0.15) is 12.0 Å². The van der Waals surface area contributed by atoms with Gasteiger partial charge in [0.2, 0.25) is 5.91 Å². The Kier molecular flexibility index (Phi) is 5.16. The number of amides is 1. The number of hydrogen-bond donors (Lipinski definition) is 1. The zero-order valence-corrected chi connectivity index (χ0v) is 11.8. The molecule has 2 bridgehead atoms. The first-order valence-electron chi connectivity index (χ1n) is 7.14. The molecule has 0 aliphatic carbocycles. The zero-order chi connectivity index (χ0) is 14.4. The van der Waals surface area contributed by atoms with Crippen molar-refractivity contribution in [3.05, 3.63) is 29.8 Å². The fourth-order valence-electron chi connectivity index (χ4n) is 2.45. The number of rotatable bonds is 1. The van der Waals surface area contributed by atoms with Crippen LogP contribution >= 0.6 is 0 Å². The Morgan fingerprint density at radius 1 is 1.25 bits per heavy atom. The third kappa shape index (κ3) is 4.37. The van der Waals surface area contributed by atoms with E-state index in [1.54, 1.807) is 0 Å². The smallest absolute Gasteiger partial charge is 0.220 e. The number of carbonyl (C=O) groups is 2. The Balaban J connectivity index is 2.09. The normalized spacial score (nSPS) is 24.4. The summed E-state index contributed by atoms with van der Waals surface area (Å²) in [5, 5.41) is 2.96. The van der Waals surface area contributed by atoms with E-state index >= 15 is 0 Å². The maximum Gasteiger partial charge on any atom is 0.220 e. The minimum absolute atomic E-state index is 0.0517. The first-order chi connectivity index (χ1) is 9.67. The Labute approximate surface area is 119 Å². The Bertz CT molecular complexity index is 455. The predicted octanol–water partition coefficient (Wildman–Crippen LogP) is 2.11. The molecule has 4 nitrogen and oxygen atoms in total. The van der Waals surface area contributed by atoms with Crippen LogP contribution in [0.25, 0.3) is 0 Å². The largest absolute Gasteiger partial charge is 0.494 e. The first-order valence-corrected chi connectivity index (χ1v) is 7.14. The van der Waals surface area contributed by atoms with Crippen LogP contribution in [-0.2, 0) is 16.0 Å². The average molecular weight is 275 g/mol. The van der Waals surface area contributed by atoms with Crippen molar-refractivity contribution in [2.75, 3.05) is 6.61 Å².